The van der Waals surface area contributed by atoms with Gasteiger partial charge in [-0.25, -0.2) is 0 Å². The Kier molecular flexibility index (Phi) is 5.66. The molecule has 0 heterocycles. The van der Waals surface area contributed by atoms with Gasteiger partial charge in [0.05, 0.1) is 0 Å². The number of carbonyl (C=O) groups excluding carboxylic acids is 1. The second-order valence-electron chi connectivity index (χ2n) is 5.45. The molecule has 3 nitrogen and oxygen atoms in total. The fourth-order valence-corrected chi connectivity index (χ4v) is 2.87. The summed E-state index contributed by atoms with van der Waals surface area (Å²) in [7, 11) is 0. The predicted octanol–water partition coefficient (Wildman–Crippen LogP) is 3.27. The smallest absolute Gasteiger partial charge is 0.314 e. The Morgan fingerprint density at radius 3 is 2.24 bits per heavy atom. The average molecular weight is 240 g/mol. The molecule has 17 heavy (non-hydrogen) atoms. The van der Waals surface area contributed by atoms with Gasteiger partial charge in [0.1, 0.15) is 11.7 Å². The Labute approximate surface area is 104 Å². The molecule has 1 rings (SSSR count). The number of carboxylic acids is 1. The van der Waals surface area contributed by atoms with Gasteiger partial charge in [-0.05, 0) is 31.6 Å². The molecule has 1 fully saturated rings. The van der Waals surface area contributed by atoms with Crippen LogP contribution in [0.3, 0.4) is 0 Å². The number of rotatable bonds is 6. The van der Waals surface area contributed by atoms with Crippen LogP contribution in [0.4, 0.5) is 0 Å². The van der Waals surface area contributed by atoms with Crippen molar-refractivity contribution in [3.63, 3.8) is 0 Å². The summed E-state index contributed by atoms with van der Waals surface area (Å²) in [6.07, 6.45) is 7.88. The molecule has 2 atom stereocenters. The summed E-state index contributed by atoms with van der Waals surface area (Å²) in [5.74, 6) is -0.676. The lowest BCUT2D eigenvalue weighted by Crippen LogP contribution is -2.23. The minimum absolute atomic E-state index is 0.214. The maximum Gasteiger partial charge on any atom is 0.314 e. The second kappa shape index (κ2) is 6.77. The molecular weight excluding hydrogens is 216 g/mol. The predicted molar refractivity (Wildman–Crippen MR) is 66.8 cm³/mol. The number of aliphatic carboxylic acids is 1. The second-order valence-corrected chi connectivity index (χ2v) is 5.45. The van der Waals surface area contributed by atoms with Crippen molar-refractivity contribution in [1.82, 2.24) is 0 Å². The molecule has 0 amide bonds. The minimum Gasteiger partial charge on any atom is -0.481 e. The van der Waals surface area contributed by atoms with E-state index in [0.29, 0.717) is 12.3 Å². The zero-order chi connectivity index (χ0) is 12.8. The molecule has 0 aromatic rings. The van der Waals surface area contributed by atoms with Crippen LogP contribution in [0, 0.1) is 17.8 Å². The molecule has 2 unspecified atom stereocenters. The lowest BCUT2D eigenvalue weighted by molar-refractivity contribution is -0.146. The molecule has 1 N–H and O–H groups in total. The summed E-state index contributed by atoms with van der Waals surface area (Å²) in [4.78, 5) is 22.1. The van der Waals surface area contributed by atoms with Crippen molar-refractivity contribution >= 4 is 11.8 Å². The molecule has 98 valence electrons. The van der Waals surface area contributed by atoms with E-state index >= 15 is 0 Å². The Balaban J connectivity index is 2.37. The van der Waals surface area contributed by atoms with Crippen molar-refractivity contribution in [2.24, 2.45) is 17.8 Å². The number of hydrogen-bond donors (Lipinski definition) is 1. The normalized spacial score (nSPS) is 20.8. The van der Waals surface area contributed by atoms with E-state index in [1.54, 1.807) is 0 Å². The van der Waals surface area contributed by atoms with Gasteiger partial charge in [0.25, 0.3) is 0 Å². The summed E-state index contributed by atoms with van der Waals surface area (Å²) < 4.78 is 0. The van der Waals surface area contributed by atoms with E-state index in [-0.39, 0.29) is 5.78 Å². The Morgan fingerprint density at radius 2 is 1.76 bits per heavy atom. The lowest BCUT2D eigenvalue weighted by Gasteiger charge is -2.28. The maximum atomic E-state index is 11.2. The maximum absolute atomic E-state index is 11.2. The van der Waals surface area contributed by atoms with Gasteiger partial charge in [0.2, 0.25) is 0 Å². The third-order valence-electron chi connectivity index (χ3n) is 4.15. The highest BCUT2D eigenvalue weighted by molar-refractivity contribution is 5.96. The summed E-state index contributed by atoms with van der Waals surface area (Å²) >= 11 is 0. The van der Waals surface area contributed by atoms with Crippen LogP contribution >= 0.6 is 0 Å². The number of ketones is 1. The molecule has 1 saturated carbocycles. The van der Waals surface area contributed by atoms with Gasteiger partial charge >= 0.3 is 5.97 Å². The summed E-state index contributed by atoms with van der Waals surface area (Å²) in [5, 5.41) is 8.95. The molecule has 0 saturated heterocycles. The van der Waals surface area contributed by atoms with Gasteiger partial charge in [-0.2, -0.15) is 0 Å². The van der Waals surface area contributed by atoms with Crippen molar-refractivity contribution < 1.29 is 14.7 Å². The van der Waals surface area contributed by atoms with Crippen LogP contribution in [-0.4, -0.2) is 16.9 Å². The zero-order valence-corrected chi connectivity index (χ0v) is 10.9. The zero-order valence-electron chi connectivity index (χ0n) is 10.9. The first kappa shape index (κ1) is 14.2. The molecule has 0 aromatic carbocycles. The molecule has 0 aromatic heterocycles. The van der Waals surface area contributed by atoms with Crippen molar-refractivity contribution in [1.29, 1.82) is 0 Å². The van der Waals surface area contributed by atoms with Crippen molar-refractivity contribution in [2.75, 3.05) is 0 Å². The van der Waals surface area contributed by atoms with E-state index in [1.165, 1.54) is 39.0 Å². The van der Waals surface area contributed by atoms with Crippen LogP contribution in [0.25, 0.3) is 0 Å². The molecule has 0 aliphatic heterocycles. The van der Waals surface area contributed by atoms with Crippen LogP contribution in [0.5, 0.6) is 0 Å². The van der Waals surface area contributed by atoms with Crippen LogP contribution in [0.1, 0.15) is 58.8 Å². The minimum atomic E-state index is -0.964. The van der Waals surface area contributed by atoms with Crippen LogP contribution < -0.4 is 0 Å². The number of carbonyl (C=O) groups is 2. The van der Waals surface area contributed by atoms with E-state index in [1.807, 2.05) is 0 Å². The summed E-state index contributed by atoms with van der Waals surface area (Å²) in [6.45, 7) is 3.58. The first-order valence-corrected chi connectivity index (χ1v) is 6.75. The number of Topliss-reactive ketones (excluding diaryl/α,β-unsaturated/α-hetero) is 1. The number of carboxylic acid groups (broad SMARTS) is 1. The third-order valence-corrected chi connectivity index (χ3v) is 4.15. The van der Waals surface area contributed by atoms with E-state index in [4.69, 9.17) is 5.11 Å². The Bertz CT molecular complexity index is 253. The topological polar surface area (TPSA) is 54.4 Å². The summed E-state index contributed by atoms with van der Waals surface area (Å²) in [6, 6.07) is 0. The molecule has 1 aliphatic rings. The molecule has 1 aliphatic carbocycles. The van der Waals surface area contributed by atoms with Crippen LogP contribution in [-0.2, 0) is 9.59 Å². The standard InChI is InChI=1S/C14H24O3/c1-10(12-6-4-3-5-7-12)8-9-13(11(2)15)14(16)17/h10,12-13H,3-9H2,1-2H3,(H,16,17). The van der Waals surface area contributed by atoms with Crippen LogP contribution in [0.2, 0.25) is 0 Å². The SMILES string of the molecule is CC(=O)C(CCC(C)C1CCCCC1)C(=O)O. The van der Waals surface area contributed by atoms with Crippen molar-refractivity contribution in [2.45, 2.75) is 58.8 Å². The van der Waals surface area contributed by atoms with E-state index in [2.05, 4.69) is 6.92 Å². The van der Waals surface area contributed by atoms with E-state index in [9.17, 15) is 9.59 Å². The van der Waals surface area contributed by atoms with Gasteiger partial charge in [-0.15, -0.1) is 0 Å². The quantitative estimate of drug-likeness (QED) is 0.725. The van der Waals surface area contributed by atoms with E-state index in [0.717, 1.165) is 12.3 Å². The molecule has 0 radical (unpaired) electrons. The Hall–Kier alpha value is -0.860. The third kappa shape index (κ3) is 4.49. The van der Waals surface area contributed by atoms with Crippen LogP contribution in [0.15, 0.2) is 0 Å². The van der Waals surface area contributed by atoms with Gasteiger partial charge < -0.3 is 5.11 Å². The fourth-order valence-electron chi connectivity index (χ4n) is 2.87. The number of hydrogen-bond acceptors (Lipinski definition) is 2. The monoisotopic (exact) mass is 240 g/mol. The lowest BCUT2D eigenvalue weighted by atomic mass is 9.78. The Morgan fingerprint density at radius 1 is 1.18 bits per heavy atom. The molecule has 3 heteroatoms. The van der Waals surface area contributed by atoms with Crippen molar-refractivity contribution in [3.8, 4) is 0 Å². The van der Waals surface area contributed by atoms with Gasteiger partial charge in [-0.3, -0.25) is 9.59 Å². The van der Waals surface area contributed by atoms with Gasteiger partial charge in [0.15, 0.2) is 0 Å². The van der Waals surface area contributed by atoms with Crippen molar-refractivity contribution in [3.05, 3.63) is 0 Å². The highest BCUT2D eigenvalue weighted by Gasteiger charge is 2.25. The highest BCUT2D eigenvalue weighted by Crippen LogP contribution is 2.32. The first-order valence-electron chi connectivity index (χ1n) is 6.75. The average Bonchev–Trinajstić information content (AvgIpc) is 2.29. The highest BCUT2D eigenvalue weighted by atomic mass is 16.4. The molecule has 0 bridgehead atoms. The fraction of sp³-hybridized carbons (Fsp3) is 0.857. The van der Waals surface area contributed by atoms with Gasteiger partial charge in [-0.1, -0.05) is 39.0 Å². The first-order chi connectivity index (χ1) is 8.02. The summed E-state index contributed by atoms with van der Waals surface area (Å²) in [5.41, 5.74) is 0. The largest absolute Gasteiger partial charge is 0.481 e. The van der Waals surface area contributed by atoms with Gasteiger partial charge in [0, 0.05) is 0 Å². The molecular formula is C14H24O3. The molecule has 0 spiro atoms. The van der Waals surface area contributed by atoms with E-state index < -0.39 is 11.9 Å².